The molecular formula is C25H28N6O2SSi. The van der Waals surface area contributed by atoms with Crippen LogP contribution in [0.1, 0.15) is 0 Å². The largest absolute Gasteiger partial charge is 0.361 e. The Hall–Kier alpha value is -3.34. The highest BCUT2D eigenvalue weighted by Gasteiger charge is 2.22. The van der Waals surface area contributed by atoms with Gasteiger partial charge in [-0.15, -0.1) is 11.3 Å². The number of H-pyrrole nitrogens is 1. The molecule has 180 valence electrons. The molecule has 4 heterocycles. The Kier molecular flexibility index (Phi) is 6.26. The second-order valence-corrected chi connectivity index (χ2v) is 16.3. The molecule has 0 aliphatic carbocycles. The molecule has 1 aromatic carbocycles. The number of aromatic nitrogens is 6. The van der Waals surface area contributed by atoms with Gasteiger partial charge in [0.15, 0.2) is 11.6 Å². The Bertz CT molecular complexity index is 1530. The van der Waals surface area contributed by atoms with Gasteiger partial charge in [-0.3, -0.25) is 9.48 Å². The highest BCUT2D eigenvalue weighted by molar-refractivity contribution is 7.22. The van der Waals surface area contributed by atoms with Crippen molar-refractivity contribution in [3.63, 3.8) is 0 Å². The number of aryl methyl sites for hydroxylation is 1. The number of rotatable bonds is 8. The first-order valence-electron chi connectivity index (χ1n) is 11.5. The zero-order valence-electron chi connectivity index (χ0n) is 20.3. The Morgan fingerprint density at radius 1 is 1.11 bits per heavy atom. The number of fused-ring (bicyclic) bond motifs is 1. The van der Waals surface area contributed by atoms with E-state index in [1.165, 1.54) is 11.3 Å². The molecule has 0 saturated heterocycles. The predicted octanol–water partition coefficient (Wildman–Crippen LogP) is 5.23. The number of nitrogens with zero attached hydrogens (tertiary/aromatic N) is 5. The van der Waals surface area contributed by atoms with E-state index in [2.05, 4.69) is 34.7 Å². The molecule has 0 aliphatic rings. The number of nitrogens with one attached hydrogen (secondary N) is 1. The van der Waals surface area contributed by atoms with Crippen LogP contribution >= 0.6 is 11.3 Å². The summed E-state index contributed by atoms with van der Waals surface area (Å²) in [5, 5.41) is 5.16. The van der Waals surface area contributed by atoms with Crippen LogP contribution in [0.25, 0.3) is 43.6 Å². The lowest BCUT2D eigenvalue weighted by atomic mass is 10.0. The number of imidazole rings is 1. The fourth-order valence-electron chi connectivity index (χ4n) is 3.88. The van der Waals surface area contributed by atoms with Gasteiger partial charge in [-0.2, -0.15) is 5.10 Å². The second kappa shape index (κ2) is 9.37. The van der Waals surface area contributed by atoms with Crippen LogP contribution in [0.2, 0.25) is 25.7 Å². The molecule has 0 atom stereocenters. The van der Waals surface area contributed by atoms with Crippen molar-refractivity contribution in [2.24, 2.45) is 7.05 Å². The molecule has 0 fully saturated rings. The first-order valence-corrected chi connectivity index (χ1v) is 16.0. The van der Waals surface area contributed by atoms with Crippen LogP contribution < -0.4 is 5.56 Å². The lowest BCUT2D eigenvalue weighted by molar-refractivity contribution is 0.0882. The van der Waals surface area contributed by atoms with Gasteiger partial charge in [0.05, 0.1) is 10.3 Å². The average Bonchev–Trinajstić information content (AvgIpc) is 3.54. The Labute approximate surface area is 208 Å². The molecule has 5 aromatic rings. The second-order valence-electron chi connectivity index (χ2n) is 9.71. The third-order valence-electron chi connectivity index (χ3n) is 5.72. The van der Waals surface area contributed by atoms with E-state index in [0.29, 0.717) is 35.2 Å². The maximum atomic E-state index is 13.4. The van der Waals surface area contributed by atoms with Crippen molar-refractivity contribution in [2.45, 2.75) is 32.4 Å². The van der Waals surface area contributed by atoms with Gasteiger partial charge in [-0.25, -0.2) is 9.97 Å². The Morgan fingerprint density at radius 2 is 1.91 bits per heavy atom. The first-order chi connectivity index (χ1) is 16.8. The molecule has 5 rings (SSSR count). The van der Waals surface area contributed by atoms with Crippen molar-refractivity contribution in [1.29, 1.82) is 0 Å². The van der Waals surface area contributed by atoms with Crippen LogP contribution in [0.3, 0.4) is 0 Å². The minimum Gasteiger partial charge on any atom is -0.361 e. The van der Waals surface area contributed by atoms with Crippen LogP contribution in [0.15, 0.2) is 59.8 Å². The maximum Gasteiger partial charge on any atom is 0.260 e. The normalized spacial score (nSPS) is 12.0. The fourth-order valence-corrected chi connectivity index (χ4v) is 5.80. The SMILES string of the molecule is Cn1ccc(-c2sc3nc(-c4nccn4COCC[Si](C)(C)C)[nH]c(=O)c3c2-c2ccccc2)n1. The number of thiophene rings is 1. The van der Waals surface area contributed by atoms with Gasteiger partial charge < -0.3 is 14.3 Å². The molecule has 0 aliphatic heterocycles. The van der Waals surface area contributed by atoms with Gasteiger partial charge in [0.25, 0.3) is 5.56 Å². The van der Waals surface area contributed by atoms with E-state index in [-0.39, 0.29) is 5.56 Å². The first kappa shape index (κ1) is 23.4. The average molecular weight is 505 g/mol. The summed E-state index contributed by atoms with van der Waals surface area (Å²) < 4.78 is 9.54. The molecule has 0 spiro atoms. The Morgan fingerprint density at radius 3 is 2.63 bits per heavy atom. The zero-order valence-corrected chi connectivity index (χ0v) is 22.1. The van der Waals surface area contributed by atoms with Crippen LogP contribution in [0.4, 0.5) is 0 Å². The molecule has 0 saturated carbocycles. The van der Waals surface area contributed by atoms with Crippen LogP contribution in [0.5, 0.6) is 0 Å². The number of hydrogen-bond donors (Lipinski definition) is 1. The third-order valence-corrected chi connectivity index (χ3v) is 8.54. The van der Waals surface area contributed by atoms with Crippen molar-refractivity contribution in [3.05, 3.63) is 65.3 Å². The van der Waals surface area contributed by atoms with E-state index in [1.807, 2.05) is 60.4 Å². The number of hydrogen-bond acceptors (Lipinski definition) is 6. The van der Waals surface area contributed by atoms with Gasteiger partial charge in [-0.05, 0) is 17.7 Å². The summed E-state index contributed by atoms with van der Waals surface area (Å²) in [5.74, 6) is 1.00. The summed E-state index contributed by atoms with van der Waals surface area (Å²) in [6.07, 6.45) is 5.44. The van der Waals surface area contributed by atoms with E-state index in [1.54, 1.807) is 10.9 Å². The molecule has 0 unspecified atom stereocenters. The van der Waals surface area contributed by atoms with Crippen LogP contribution in [-0.4, -0.2) is 44.0 Å². The molecule has 10 heteroatoms. The zero-order chi connectivity index (χ0) is 24.6. The van der Waals surface area contributed by atoms with Crippen molar-refractivity contribution in [3.8, 4) is 33.3 Å². The lowest BCUT2D eigenvalue weighted by Crippen LogP contribution is -2.22. The number of aromatic amines is 1. The van der Waals surface area contributed by atoms with Crippen molar-refractivity contribution >= 4 is 29.6 Å². The number of benzene rings is 1. The molecule has 8 nitrogen and oxygen atoms in total. The van der Waals surface area contributed by atoms with Crippen molar-refractivity contribution in [1.82, 2.24) is 29.3 Å². The number of ether oxygens (including phenoxy) is 1. The molecular weight excluding hydrogens is 476 g/mol. The van der Waals surface area contributed by atoms with Crippen molar-refractivity contribution < 1.29 is 4.74 Å². The summed E-state index contributed by atoms with van der Waals surface area (Å²) in [4.78, 5) is 27.3. The topological polar surface area (TPSA) is 90.6 Å². The Balaban J connectivity index is 1.57. The van der Waals surface area contributed by atoms with Gasteiger partial charge in [0, 0.05) is 45.9 Å². The highest BCUT2D eigenvalue weighted by Crippen LogP contribution is 2.42. The molecule has 0 amide bonds. The fraction of sp³-hybridized carbons (Fsp3) is 0.280. The van der Waals surface area contributed by atoms with Gasteiger partial charge in [0.1, 0.15) is 17.3 Å². The van der Waals surface area contributed by atoms with E-state index < -0.39 is 8.07 Å². The molecule has 0 bridgehead atoms. The van der Waals surface area contributed by atoms with Gasteiger partial charge in [-0.1, -0.05) is 50.0 Å². The third kappa shape index (κ3) is 4.90. The van der Waals surface area contributed by atoms with Crippen LogP contribution in [0, 0.1) is 0 Å². The van der Waals surface area contributed by atoms with E-state index in [4.69, 9.17) is 9.72 Å². The van der Waals surface area contributed by atoms with Crippen molar-refractivity contribution in [2.75, 3.05) is 6.61 Å². The summed E-state index contributed by atoms with van der Waals surface area (Å²) in [6, 6.07) is 13.0. The van der Waals surface area contributed by atoms with E-state index in [9.17, 15) is 4.79 Å². The quantitative estimate of drug-likeness (QED) is 0.231. The maximum absolute atomic E-state index is 13.4. The molecule has 35 heavy (non-hydrogen) atoms. The summed E-state index contributed by atoms with van der Waals surface area (Å²) in [6.45, 7) is 8.04. The van der Waals surface area contributed by atoms with E-state index in [0.717, 1.165) is 27.7 Å². The van der Waals surface area contributed by atoms with E-state index >= 15 is 0 Å². The standard InChI is InChI=1S/C25H28N6O2SSi/c1-30-12-10-18(29-30)21-19(17-8-6-5-7-9-17)20-24(32)27-22(28-25(20)34-21)23-26-11-13-31(23)16-33-14-15-35(2,3)4/h5-13H,14-16H2,1-4H3,(H,27,28,32). The summed E-state index contributed by atoms with van der Waals surface area (Å²) in [5.41, 5.74) is 2.42. The summed E-state index contributed by atoms with van der Waals surface area (Å²) >= 11 is 1.47. The monoisotopic (exact) mass is 504 g/mol. The molecule has 0 radical (unpaired) electrons. The molecule has 1 N–H and O–H groups in total. The predicted molar refractivity (Wildman–Crippen MR) is 143 cm³/mol. The van der Waals surface area contributed by atoms with Crippen LogP contribution in [-0.2, 0) is 18.5 Å². The minimum atomic E-state index is -1.17. The summed E-state index contributed by atoms with van der Waals surface area (Å²) in [7, 11) is 0.715. The lowest BCUT2D eigenvalue weighted by Gasteiger charge is -2.16. The van der Waals surface area contributed by atoms with Gasteiger partial charge in [0.2, 0.25) is 0 Å². The highest BCUT2D eigenvalue weighted by atomic mass is 32.1. The minimum absolute atomic E-state index is 0.198. The van der Waals surface area contributed by atoms with Gasteiger partial charge >= 0.3 is 0 Å². The molecule has 4 aromatic heterocycles. The smallest absolute Gasteiger partial charge is 0.260 e.